The minimum Gasteiger partial charge on any atom is -0.475 e. The van der Waals surface area contributed by atoms with E-state index in [0.29, 0.717) is 16.9 Å². The number of carbonyl (C=O) groups excluding carboxylic acids is 1. The van der Waals surface area contributed by atoms with Crippen molar-refractivity contribution in [1.29, 1.82) is 0 Å². The van der Waals surface area contributed by atoms with Crippen molar-refractivity contribution in [3.63, 3.8) is 0 Å². The number of amides is 1. The van der Waals surface area contributed by atoms with E-state index in [4.69, 9.17) is 9.72 Å². The first-order valence-electron chi connectivity index (χ1n) is 15.2. The summed E-state index contributed by atoms with van der Waals surface area (Å²) in [6.07, 6.45) is 9.55. The van der Waals surface area contributed by atoms with Gasteiger partial charge in [0.05, 0.1) is 16.6 Å². The number of benzene rings is 1. The van der Waals surface area contributed by atoms with Gasteiger partial charge in [0.1, 0.15) is 6.61 Å². The Kier molecular flexibility index (Phi) is 6.91. The van der Waals surface area contributed by atoms with E-state index in [1.165, 1.54) is 31.4 Å². The Bertz CT molecular complexity index is 1440. The largest absolute Gasteiger partial charge is 0.475 e. The van der Waals surface area contributed by atoms with Crippen molar-refractivity contribution in [3.8, 4) is 5.88 Å². The fourth-order valence-corrected chi connectivity index (χ4v) is 8.37. The van der Waals surface area contributed by atoms with Gasteiger partial charge in [0.25, 0.3) is 15.9 Å². The van der Waals surface area contributed by atoms with Crippen molar-refractivity contribution in [1.82, 2.24) is 14.9 Å². The Hall–Kier alpha value is -2.68. The van der Waals surface area contributed by atoms with Crippen LogP contribution in [0.25, 0.3) is 0 Å². The van der Waals surface area contributed by atoms with Crippen molar-refractivity contribution in [2.45, 2.75) is 115 Å². The van der Waals surface area contributed by atoms with Gasteiger partial charge in [-0.05, 0) is 79.4 Å². The number of rotatable bonds is 3. The van der Waals surface area contributed by atoms with E-state index < -0.39 is 10.0 Å². The van der Waals surface area contributed by atoms with Crippen molar-refractivity contribution < 1.29 is 17.9 Å². The summed E-state index contributed by atoms with van der Waals surface area (Å²) in [5.74, 6) is 0.381. The molecule has 3 aliphatic carbocycles. The van der Waals surface area contributed by atoms with E-state index in [9.17, 15) is 13.2 Å². The zero-order valence-corrected chi connectivity index (χ0v) is 25.9. The van der Waals surface area contributed by atoms with Crippen LogP contribution in [0.2, 0.25) is 0 Å². The van der Waals surface area contributed by atoms with Gasteiger partial charge in [-0.15, -0.1) is 0 Å². The molecule has 1 spiro atoms. The zero-order valence-electron chi connectivity index (χ0n) is 25.1. The van der Waals surface area contributed by atoms with Gasteiger partial charge >= 0.3 is 0 Å². The Balaban J connectivity index is 1.45. The summed E-state index contributed by atoms with van der Waals surface area (Å²) in [6.45, 7) is 11.3. The molecular formula is C32H44N4O4S. The van der Waals surface area contributed by atoms with Gasteiger partial charge in [-0.3, -0.25) is 4.79 Å². The number of hydrogen-bond donors (Lipinski definition) is 1. The number of sulfonamides is 1. The standard InChI is InChI=1S/C32H44N4O4S/c1-30(2,3)17-23-20-40-27-16-26(25-11-6-7-12-31(25,4)5)33-29(34-27)35-41(38,39)24-10-8-9-21(15-24)28(37)36(23)22-18-32(19-22)13-14-32/h8-10,15-16,22-23,25H,6-7,11-14,17-20H2,1-5H3,(H,33,34,35)/t23-,25-/m1/s1. The molecular weight excluding hydrogens is 536 g/mol. The molecule has 41 heavy (non-hydrogen) atoms. The summed E-state index contributed by atoms with van der Waals surface area (Å²) in [4.78, 5) is 25.5. The van der Waals surface area contributed by atoms with Gasteiger partial charge < -0.3 is 9.64 Å². The third-order valence-corrected chi connectivity index (χ3v) is 11.1. The maximum atomic E-state index is 14.2. The summed E-state index contributed by atoms with van der Waals surface area (Å²) >= 11 is 0. The fraction of sp³-hybridized carbons (Fsp3) is 0.656. The topological polar surface area (TPSA) is 101 Å². The van der Waals surface area contributed by atoms with Crippen LogP contribution < -0.4 is 9.46 Å². The Morgan fingerprint density at radius 3 is 2.51 bits per heavy atom. The number of hydrogen-bond acceptors (Lipinski definition) is 6. The minimum absolute atomic E-state index is 0.00810. The van der Waals surface area contributed by atoms with Gasteiger partial charge in [-0.1, -0.05) is 53.5 Å². The molecule has 8 nitrogen and oxygen atoms in total. The van der Waals surface area contributed by atoms with Crippen molar-refractivity contribution >= 4 is 21.9 Å². The first-order valence-corrected chi connectivity index (χ1v) is 16.7. The lowest BCUT2D eigenvalue weighted by atomic mass is 9.67. The first kappa shape index (κ1) is 28.4. The molecule has 2 atom stereocenters. The predicted molar refractivity (Wildman–Crippen MR) is 158 cm³/mol. The molecule has 1 N–H and O–H groups in total. The van der Waals surface area contributed by atoms with Crippen molar-refractivity contribution in [2.24, 2.45) is 16.2 Å². The van der Waals surface area contributed by atoms with Crippen LogP contribution >= 0.6 is 0 Å². The summed E-state index contributed by atoms with van der Waals surface area (Å²) in [5, 5.41) is 0. The average Bonchev–Trinajstić information content (AvgIpc) is 3.66. The third kappa shape index (κ3) is 5.84. The highest BCUT2D eigenvalue weighted by molar-refractivity contribution is 7.92. The van der Waals surface area contributed by atoms with Crippen LogP contribution in [0.15, 0.2) is 35.2 Å². The zero-order chi connectivity index (χ0) is 29.2. The van der Waals surface area contributed by atoms with E-state index in [2.05, 4.69) is 44.3 Å². The molecule has 4 bridgehead atoms. The Morgan fingerprint density at radius 1 is 1.07 bits per heavy atom. The molecule has 1 amide bonds. The van der Waals surface area contributed by atoms with Crippen LogP contribution in [-0.4, -0.2) is 47.9 Å². The quantitative estimate of drug-likeness (QED) is 0.442. The SMILES string of the molecule is CC(C)(C)C[C@@H]1COc2cc([C@H]3CCCCC3(C)C)nc(n2)NS(=O)(=O)c2cccc(c2)C(=O)N1C1CC2(CC2)C1. The van der Waals surface area contributed by atoms with Crippen molar-refractivity contribution in [2.75, 3.05) is 11.3 Å². The highest BCUT2D eigenvalue weighted by Crippen LogP contribution is 2.62. The smallest absolute Gasteiger partial charge is 0.264 e. The van der Waals surface area contributed by atoms with Crippen LogP contribution in [0.4, 0.5) is 5.95 Å². The molecule has 0 unspecified atom stereocenters. The maximum Gasteiger partial charge on any atom is 0.264 e. The third-order valence-electron chi connectivity index (χ3n) is 9.79. The van der Waals surface area contributed by atoms with E-state index in [1.807, 2.05) is 11.0 Å². The number of anilines is 1. The average molecular weight is 581 g/mol. The monoisotopic (exact) mass is 580 g/mol. The summed E-state index contributed by atoms with van der Waals surface area (Å²) in [5.41, 5.74) is 1.55. The van der Waals surface area contributed by atoms with Gasteiger partial charge in [-0.2, -0.15) is 4.98 Å². The number of carbonyl (C=O) groups is 1. The number of fused-ring (bicyclic) bond motifs is 4. The first-order chi connectivity index (χ1) is 19.2. The van der Waals surface area contributed by atoms with Crippen LogP contribution in [0.3, 0.4) is 0 Å². The second-order valence-electron chi connectivity index (χ2n) is 14.9. The minimum atomic E-state index is -4.04. The molecule has 2 aromatic rings. The molecule has 222 valence electrons. The van der Waals surface area contributed by atoms with E-state index in [-0.39, 0.29) is 52.2 Å². The molecule has 2 heterocycles. The second-order valence-corrected chi connectivity index (χ2v) is 16.6. The van der Waals surface area contributed by atoms with Crippen LogP contribution in [0, 0.1) is 16.2 Å². The van der Waals surface area contributed by atoms with E-state index in [1.54, 1.807) is 12.1 Å². The highest BCUT2D eigenvalue weighted by atomic mass is 32.2. The number of nitrogens with zero attached hydrogens (tertiary/aromatic N) is 3. The molecule has 1 aromatic heterocycles. The lowest BCUT2D eigenvalue weighted by Gasteiger charge is -2.48. The molecule has 4 aliphatic rings. The van der Waals surface area contributed by atoms with Crippen molar-refractivity contribution in [3.05, 3.63) is 41.6 Å². The van der Waals surface area contributed by atoms with Crippen LogP contribution in [0.1, 0.15) is 114 Å². The van der Waals surface area contributed by atoms with Gasteiger partial charge in [0.15, 0.2) is 0 Å². The number of nitrogens with one attached hydrogen (secondary N) is 1. The van der Waals surface area contributed by atoms with E-state index >= 15 is 0 Å². The highest BCUT2D eigenvalue weighted by Gasteiger charge is 2.56. The lowest BCUT2D eigenvalue weighted by Crippen LogP contribution is -2.56. The fourth-order valence-electron chi connectivity index (χ4n) is 7.38. The van der Waals surface area contributed by atoms with Gasteiger partial charge in [0.2, 0.25) is 11.8 Å². The summed E-state index contributed by atoms with van der Waals surface area (Å²) in [7, 11) is -4.04. The molecule has 3 saturated carbocycles. The molecule has 3 fully saturated rings. The number of aromatic nitrogens is 2. The van der Waals surface area contributed by atoms with Crippen LogP contribution in [0.5, 0.6) is 5.88 Å². The van der Waals surface area contributed by atoms with Crippen LogP contribution in [-0.2, 0) is 10.0 Å². The normalized spacial score (nSPS) is 27.0. The van der Waals surface area contributed by atoms with Gasteiger partial charge in [-0.25, -0.2) is 18.1 Å². The predicted octanol–water partition coefficient (Wildman–Crippen LogP) is 6.54. The molecule has 6 rings (SSSR count). The molecule has 1 aliphatic heterocycles. The number of ether oxygens (including phenoxy) is 1. The second kappa shape index (κ2) is 9.96. The maximum absolute atomic E-state index is 14.2. The Labute approximate surface area is 244 Å². The van der Waals surface area contributed by atoms with Gasteiger partial charge in [0, 0.05) is 23.6 Å². The molecule has 0 radical (unpaired) electrons. The summed E-state index contributed by atoms with van der Waals surface area (Å²) in [6, 6.07) is 8.18. The Morgan fingerprint density at radius 2 is 1.83 bits per heavy atom. The summed E-state index contributed by atoms with van der Waals surface area (Å²) < 4.78 is 36.2. The molecule has 1 aromatic carbocycles. The van der Waals surface area contributed by atoms with E-state index in [0.717, 1.165) is 44.2 Å². The molecule has 0 saturated heterocycles. The molecule has 9 heteroatoms. The lowest BCUT2D eigenvalue weighted by molar-refractivity contribution is 0.00459.